The van der Waals surface area contributed by atoms with Crippen LogP contribution in [0.15, 0.2) is 24.3 Å². The molecule has 1 aromatic rings. The summed E-state index contributed by atoms with van der Waals surface area (Å²) in [4.78, 5) is 0. The average molecular weight is 208 g/mol. The standard InChI is InChI=1S/C12H17OP/c1-2-11-7-3-4-8-12(11)14(13)9-5-6-10-14/h3-4,7-8H,2,5-6,9-10H2,1H3. The summed E-state index contributed by atoms with van der Waals surface area (Å²) in [5.74, 6) is 0. The van der Waals surface area contributed by atoms with Crippen LogP contribution < -0.4 is 5.30 Å². The minimum absolute atomic E-state index is 0.935. The van der Waals surface area contributed by atoms with E-state index >= 15 is 0 Å². The van der Waals surface area contributed by atoms with Crippen LogP contribution in [0.25, 0.3) is 0 Å². The molecule has 2 heteroatoms. The lowest BCUT2D eigenvalue weighted by molar-refractivity contribution is 0.585. The Labute approximate surface area is 85.9 Å². The second kappa shape index (κ2) is 3.90. The van der Waals surface area contributed by atoms with E-state index in [1.54, 1.807) is 0 Å². The Kier molecular flexibility index (Phi) is 2.78. The second-order valence-electron chi connectivity index (χ2n) is 4.03. The Bertz CT molecular complexity index is 360. The van der Waals surface area contributed by atoms with Gasteiger partial charge >= 0.3 is 0 Å². The van der Waals surface area contributed by atoms with E-state index in [0.717, 1.165) is 31.6 Å². The van der Waals surface area contributed by atoms with E-state index in [2.05, 4.69) is 19.1 Å². The first-order valence-electron chi connectivity index (χ1n) is 5.43. The van der Waals surface area contributed by atoms with Gasteiger partial charge < -0.3 is 4.57 Å². The first kappa shape index (κ1) is 9.98. The molecule has 0 saturated carbocycles. The molecule has 1 aliphatic rings. The molecular formula is C12H17OP. The Hall–Kier alpha value is -0.550. The van der Waals surface area contributed by atoms with E-state index in [4.69, 9.17) is 0 Å². The highest BCUT2D eigenvalue weighted by atomic mass is 31.2. The zero-order chi connectivity index (χ0) is 10.0. The molecule has 1 nitrogen and oxygen atoms in total. The number of hydrogen-bond donors (Lipinski definition) is 0. The molecule has 1 fully saturated rings. The lowest BCUT2D eigenvalue weighted by atomic mass is 10.2. The second-order valence-corrected chi connectivity index (χ2v) is 7.18. The molecule has 1 saturated heterocycles. The molecule has 0 unspecified atom stereocenters. The Morgan fingerprint density at radius 2 is 1.86 bits per heavy atom. The lowest BCUT2D eigenvalue weighted by Gasteiger charge is -2.15. The summed E-state index contributed by atoms with van der Waals surface area (Å²) >= 11 is 0. The van der Waals surface area contributed by atoms with Crippen molar-refractivity contribution in [2.45, 2.75) is 26.2 Å². The molecule has 0 N–H and O–H groups in total. The summed E-state index contributed by atoms with van der Waals surface area (Å²) in [5, 5.41) is 1.17. The van der Waals surface area contributed by atoms with Gasteiger partial charge in [-0.1, -0.05) is 31.2 Å². The third-order valence-corrected chi connectivity index (χ3v) is 6.49. The number of benzene rings is 1. The Morgan fingerprint density at radius 3 is 2.50 bits per heavy atom. The van der Waals surface area contributed by atoms with Crippen molar-refractivity contribution in [3.8, 4) is 0 Å². The van der Waals surface area contributed by atoms with E-state index in [1.165, 1.54) is 10.9 Å². The number of aryl methyl sites for hydroxylation is 1. The van der Waals surface area contributed by atoms with Gasteiger partial charge in [0.05, 0.1) is 0 Å². The smallest absolute Gasteiger partial charge is 0.115 e. The fraction of sp³-hybridized carbons (Fsp3) is 0.500. The molecule has 2 rings (SSSR count). The van der Waals surface area contributed by atoms with Crippen LogP contribution in [0.2, 0.25) is 0 Å². The van der Waals surface area contributed by atoms with Gasteiger partial charge in [-0.15, -0.1) is 0 Å². The number of rotatable bonds is 2. The minimum atomic E-state index is -1.98. The highest BCUT2D eigenvalue weighted by molar-refractivity contribution is 7.72. The van der Waals surface area contributed by atoms with Crippen LogP contribution in [0.5, 0.6) is 0 Å². The van der Waals surface area contributed by atoms with Crippen molar-refractivity contribution < 1.29 is 4.57 Å². The fourth-order valence-corrected chi connectivity index (χ4v) is 5.58. The van der Waals surface area contributed by atoms with Crippen molar-refractivity contribution in [2.75, 3.05) is 12.3 Å². The molecule has 0 atom stereocenters. The van der Waals surface area contributed by atoms with E-state index in [9.17, 15) is 4.57 Å². The first-order chi connectivity index (χ1) is 6.76. The van der Waals surface area contributed by atoms with E-state index in [0.29, 0.717) is 0 Å². The van der Waals surface area contributed by atoms with Gasteiger partial charge in [-0.25, -0.2) is 0 Å². The van der Waals surface area contributed by atoms with Crippen molar-refractivity contribution in [1.29, 1.82) is 0 Å². The summed E-state index contributed by atoms with van der Waals surface area (Å²) in [6.45, 7) is 2.14. The summed E-state index contributed by atoms with van der Waals surface area (Å²) in [6.07, 6.45) is 5.17. The zero-order valence-electron chi connectivity index (χ0n) is 8.70. The molecule has 0 aromatic heterocycles. The van der Waals surface area contributed by atoms with Gasteiger partial charge in [0.15, 0.2) is 0 Å². The summed E-state index contributed by atoms with van der Waals surface area (Å²) < 4.78 is 12.6. The lowest BCUT2D eigenvalue weighted by Crippen LogP contribution is -2.11. The van der Waals surface area contributed by atoms with Crippen LogP contribution in [0.4, 0.5) is 0 Å². The van der Waals surface area contributed by atoms with Gasteiger partial charge in [0.1, 0.15) is 7.14 Å². The van der Waals surface area contributed by atoms with Crippen molar-refractivity contribution in [3.05, 3.63) is 29.8 Å². The molecule has 0 radical (unpaired) electrons. The molecule has 14 heavy (non-hydrogen) atoms. The highest BCUT2D eigenvalue weighted by Crippen LogP contribution is 2.51. The van der Waals surface area contributed by atoms with Crippen LogP contribution in [0, 0.1) is 0 Å². The molecular weight excluding hydrogens is 191 g/mol. The normalized spacial score (nSPS) is 19.8. The molecule has 0 aliphatic carbocycles. The third-order valence-electron chi connectivity index (χ3n) is 3.10. The molecule has 76 valence electrons. The maximum atomic E-state index is 12.6. The van der Waals surface area contributed by atoms with Gasteiger partial charge in [0, 0.05) is 17.6 Å². The van der Waals surface area contributed by atoms with Crippen LogP contribution in [0.1, 0.15) is 25.3 Å². The largest absolute Gasteiger partial charge is 0.319 e. The van der Waals surface area contributed by atoms with Gasteiger partial charge in [0.2, 0.25) is 0 Å². The van der Waals surface area contributed by atoms with Crippen LogP contribution in [-0.4, -0.2) is 12.3 Å². The monoisotopic (exact) mass is 208 g/mol. The van der Waals surface area contributed by atoms with Gasteiger partial charge in [-0.2, -0.15) is 0 Å². The van der Waals surface area contributed by atoms with Crippen LogP contribution in [0.3, 0.4) is 0 Å². The highest BCUT2D eigenvalue weighted by Gasteiger charge is 2.30. The predicted molar refractivity (Wildman–Crippen MR) is 62.0 cm³/mol. The topological polar surface area (TPSA) is 17.1 Å². The maximum absolute atomic E-state index is 12.6. The van der Waals surface area contributed by atoms with Crippen LogP contribution >= 0.6 is 7.14 Å². The third kappa shape index (κ3) is 1.66. The zero-order valence-corrected chi connectivity index (χ0v) is 9.59. The van der Waals surface area contributed by atoms with E-state index in [-0.39, 0.29) is 0 Å². The number of hydrogen-bond acceptors (Lipinski definition) is 1. The van der Waals surface area contributed by atoms with Crippen molar-refractivity contribution in [1.82, 2.24) is 0 Å². The molecule has 0 bridgehead atoms. The maximum Gasteiger partial charge on any atom is 0.115 e. The minimum Gasteiger partial charge on any atom is -0.319 e. The van der Waals surface area contributed by atoms with E-state index in [1.807, 2.05) is 12.1 Å². The predicted octanol–water partition coefficient (Wildman–Crippen LogP) is 3.03. The molecule has 1 aliphatic heterocycles. The average Bonchev–Trinajstić information content (AvgIpc) is 2.66. The molecule has 1 aromatic carbocycles. The summed E-state index contributed by atoms with van der Waals surface area (Å²) in [6, 6.07) is 8.26. The molecule has 0 amide bonds. The Balaban J connectivity index is 2.44. The van der Waals surface area contributed by atoms with Crippen molar-refractivity contribution >= 4 is 12.4 Å². The fourth-order valence-electron chi connectivity index (χ4n) is 2.29. The summed E-state index contributed by atoms with van der Waals surface area (Å²) in [7, 11) is -1.98. The summed E-state index contributed by atoms with van der Waals surface area (Å²) in [5.41, 5.74) is 1.29. The van der Waals surface area contributed by atoms with Gasteiger partial charge in [-0.3, -0.25) is 0 Å². The Morgan fingerprint density at radius 1 is 1.21 bits per heavy atom. The van der Waals surface area contributed by atoms with Crippen molar-refractivity contribution in [2.24, 2.45) is 0 Å². The quantitative estimate of drug-likeness (QED) is 0.683. The van der Waals surface area contributed by atoms with Crippen molar-refractivity contribution in [3.63, 3.8) is 0 Å². The van der Waals surface area contributed by atoms with Crippen LogP contribution in [-0.2, 0) is 11.0 Å². The first-order valence-corrected chi connectivity index (χ1v) is 7.50. The van der Waals surface area contributed by atoms with E-state index < -0.39 is 7.14 Å². The van der Waals surface area contributed by atoms with Gasteiger partial charge in [-0.05, 0) is 24.8 Å². The van der Waals surface area contributed by atoms with Gasteiger partial charge in [0.25, 0.3) is 0 Å². The SMILES string of the molecule is CCc1ccccc1P1(=O)CCCC1. The molecule has 1 heterocycles. The molecule has 0 spiro atoms.